The third-order valence-electron chi connectivity index (χ3n) is 3.78. The van der Waals surface area contributed by atoms with E-state index in [0.717, 1.165) is 22.3 Å². The van der Waals surface area contributed by atoms with Gasteiger partial charge in [-0.1, -0.05) is 48.5 Å². The molecule has 0 unspecified atom stereocenters. The van der Waals surface area contributed by atoms with Crippen LogP contribution in [0.25, 0.3) is 11.1 Å². The van der Waals surface area contributed by atoms with Gasteiger partial charge in [-0.3, -0.25) is 9.69 Å². The highest BCUT2D eigenvalue weighted by molar-refractivity contribution is 6.01. The van der Waals surface area contributed by atoms with E-state index in [1.54, 1.807) is 0 Å². The van der Waals surface area contributed by atoms with Gasteiger partial charge in [-0.2, -0.15) is 0 Å². The quantitative estimate of drug-likeness (QED) is 0.845. The molecule has 112 valence electrons. The molecule has 0 atom stereocenters. The van der Waals surface area contributed by atoms with Gasteiger partial charge in [-0.25, -0.2) is 4.79 Å². The van der Waals surface area contributed by atoms with E-state index in [0.29, 0.717) is 13.1 Å². The monoisotopic (exact) mass is 295 g/mol. The van der Waals surface area contributed by atoms with E-state index in [-0.39, 0.29) is 18.5 Å². The van der Waals surface area contributed by atoms with Crippen LogP contribution in [0.5, 0.6) is 0 Å². The number of benzene rings is 2. The summed E-state index contributed by atoms with van der Waals surface area (Å²) in [5, 5.41) is 2.52. The van der Waals surface area contributed by atoms with Crippen LogP contribution in [0.2, 0.25) is 0 Å². The Hall–Kier alpha value is -2.66. The highest BCUT2D eigenvalue weighted by atomic mass is 16.2. The summed E-state index contributed by atoms with van der Waals surface area (Å²) in [4.78, 5) is 24.4. The maximum Gasteiger partial charge on any atom is 0.324 e. The standard InChI is InChI=1S/C17H17N3O2/c18-9-14-3-1-2-4-15(14)13-7-5-12(6-8-13)11-20-16(21)10-19-17(20)22/h1-8H,9-11,18H2,(H,19,22). The topological polar surface area (TPSA) is 75.4 Å². The summed E-state index contributed by atoms with van der Waals surface area (Å²) in [5.74, 6) is -0.192. The molecule has 2 aromatic carbocycles. The van der Waals surface area contributed by atoms with Gasteiger partial charge in [0.15, 0.2) is 0 Å². The Morgan fingerprint density at radius 2 is 1.77 bits per heavy atom. The number of urea groups is 1. The van der Waals surface area contributed by atoms with Crippen molar-refractivity contribution in [2.75, 3.05) is 6.54 Å². The molecule has 1 aliphatic heterocycles. The molecule has 2 aromatic rings. The highest BCUT2D eigenvalue weighted by Gasteiger charge is 2.28. The first-order valence-electron chi connectivity index (χ1n) is 7.14. The van der Waals surface area contributed by atoms with E-state index in [9.17, 15) is 9.59 Å². The van der Waals surface area contributed by atoms with Gasteiger partial charge in [-0.15, -0.1) is 0 Å². The Kier molecular flexibility index (Phi) is 3.89. The van der Waals surface area contributed by atoms with Crippen LogP contribution in [0.1, 0.15) is 11.1 Å². The lowest BCUT2D eigenvalue weighted by molar-refractivity contribution is -0.125. The van der Waals surface area contributed by atoms with Gasteiger partial charge in [0.1, 0.15) is 0 Å². The molecule has 3 amide bonds. The molecule has 0 saturated carbocycles. The van der Waals surface area contributed by atoms with Crippen LogP contribution >= 0.6 is 0 Å². The fourth-order valence-electron chi connectivity index (χ4n) is 2.57. The minimum absolute atomic E-state index is 0.0841. The van der Waals surface area contributed by atoms with E-state index in [4.69, 9.17) is 5.73 Å². The molecule has 1 heterocycles. The first-order chi connectivity index (χ1) is 10.7. The van der Waals surface area contributed by atoms with E-state index in [1.807, 2.05) is 48.5 Å². The molecule has 3 rings (SSSR count). The van der Waals surface area contributed by atoms with Gasteiger partial charge in [0, 0.05) is 6.54 Å². The van der Waals surface area contributed by atoms with Gasteiger partial charge in [-0.05, 0) is 22.3 Å². The average molecular weight is 295 g/mol. The van der Waals surface area contributed by atoms with Crippen molar-refractivity contribution < 1.29 is 9.59 Å². The second-order valence-corrected chi connectivity index (χ2v) is 5.20. The van der Waals surface area contributed by atoms with Crippen molar-refractivity contribution in [3.63, 3.8) is 0 Å². The molecule has 0 radical (unpaired) electrons. The van der Waals surface area contributed by atoms with Crippen molar-refractivity contribution in [1.82, 2.24) is 10.2 Å². The van der Waals surface area contributed by atoms with Crippen molar-refractivity contribution in [3.8, 4) is 11.1 Å². The second kappa shape index (κ2) is 5.99. The molecule has 3 N–H and O–H groups in total. The fourth-order valence-corrected chi connectivity index (χ4v) is 2.57. The fraction of sp³-hybridized carbons (Fsp3) is 0.176. The lowest BCUT2D eigenvalue weighted by Crippen LogP contribution is -2.30. The van der Waals surface area contributed by atoms with Gasteiger partial charge in [0.05, 0.1) is 13.1 Å². The average Bonchev–Trinajstić information content (AvgIpc) is 2.87. The van der Waals surface area contributed by atoms with E-state index in [2.05, 4.69) is 5.32 Å². The zero-order valence-electron chi connectivity index (χ0n) is 12.1. The van der Waals surface area contributed by atoms with Crippen molar-refractivity contribution in [3.05, 3.63) is 59.7 Å². The van der Waals surface area contributed by atoms with E-state index < -0.39 is 0 Å². The number of amides is 3. The third-order valence-corrected chi connectivity index (χ3v) is 3.78. The Balaban J connectivity index is 1.81. The molecule has 0 bridgehead atoms. The van der Waals surface area contributed by atoms with Gasteiger partial charge >= 0.3 is 6.03 Å². The summed E-state index contributed by atoms with van der Waals surface area (Å²) in [5.41, 5.74) is 9.95. The summed E-state index contributed by atoms with van der Waals surface area (Å²) in [6, 6.07) is 15.5. The number of hydrogen-bond donors (Lipinski definition) is 2. The van der Waals surface area contributed by atoms with Crippen LogP contribution in [-0.4, -0.2) is 23.4 Å². The number of nitrogens with one attached hydrogen (secondary N) is 1. The number of carbonyl (C=O) groups is 2. The van der Waals surface area contributed by atoms with Crippen LogP contribution < -0.4 is 11.1 Å². The molecular formula is C17H17N3O2. The lowest BCUT2D eigenvalue weighted by Gasteiger charge is -2.13. The Morgan fingerprint density at radius 1 is 1.05 bits per heavy atom. The number of nitrogens with two attached hydrogens (primary N) is 1. The Morgan fingerprint density at radius 3 is 2.41 bits per heavy atom. The zero-order chi connectivity index (χ0) is 15.5. The maximum atomic E-state index is 11.6. The molecule has 5 heteroatoms. The molecular weight excluding hydrogens is 278 g/mol. The molecule has 1 aliphatic rings. The minimum atomic E-state index is -0.331. The Bertz CT molecular complexity index is 694. The highest BCUT2D eigenvalue weighted by Crippen LogP contribution is 2.24. The van der Waals surface area contributed by atoms with E-state index >= 15 is 0 Å². The van der Waals surface area contributed by atoms with Gasteiger partial charge in [0.25, 0.3) is 0 Å². The van der Waals surface area contributed by atoms with Crippen LogP contribution in [0.15, 0.2) is 48.5 Å². The molecule has 5 nitrogen and oxygen atoms in total. The minimum Gasteiger partial charge on any atom is -0.329 e. The second-order valence-electron chi connectivity index (χ2n) is 5.20. The Labute approximate surface area is 128 Å². The molecule has 0 aliphatic carbocycles. The molecule has 1 fully saturated rings. The largest absolute Gasteiger partial charge is 0.329 e. The maximum absolute atomic E-state index is 11.6. The number of hydrogen-bond acceptors (Lipinski definition) is 3. The van der Waals surface area contributed by atoms with Gasteiger partial charge in [0.2, 0.25) is 5.91 Å². The zero-order valence-corrected chi connectivity index (χ0v) is 12.1. The van der Waals surface area contributed by atoms with Crippen LogP contribution in [-0.2, 0) is 17.9 Å². The van der Waals surface area contributed by atoms with Crippen molar-refractivity contribution in [2.24, 2.45) is 5.73 Å². The summed E-state index contributed by atoms with van der Waals surface area (Å²) >= 11 is 0. The first kappa shape index (κ1) is 14.3. The molecule has 22 heavy (non-hydrogen) atoms. The molecule has 1 saturated heterocycles. The first-order valence-corrected chi connectivity index (χ1v) is 7.14. The number of imide groups is 1. The molecule has 0 spiro atoms. The van der Waals surface area contributed by atoms with Crippen molar-refractivity contribution in [2.45, 2.75) is 13.1 Å². The van der Waals surface area contributed by atoms with Crippen LogP contribution in [0, 0.1) is 0 Å². The third kappa shape index (κ3) is 2.71. The number of rotatable bonds is 4. The van der Waals surface area contributed by atoms with E-state index in [1.165, 1.54) is 4.90 Å². The summed E-state index contributed by atoms with van der Waals surface area (Å²) < 4.78 is 0. The SMILES string of the molecule is NCc1ccccc1-c1ccc(CN2C(=O)CNC2=O)cc1. The van der Waals surface area contributed by atoms with Crippen molar-refractivity contribution >= 4 is 11.9 Å². The molecule has 0 aromatic heterocycles. The predicted molar refractivity (Wildman–Crippen MR) is 83.7 cm³/mol. The smallest absolute Gasteiger partial charge is 0.324 e. The van der Waals surface area contributed by atoms with Crippen LogP contribution in [0.3, 0.4) is 0 Å². The number of nitrogens with zero attached hydrogens (tertiary/aromatic N) is 1. The summed E-state index contributed by atoms with van der Waals surface area (Å²) in [7, 11) is 0. The van der Waals surface area contributed by atoms with Crippen molar-refractivity contribution in [1.29, 1.82) is 0 Å². The predicted octanol–water partition coefficient (Wildman–Crippen LogP) is 1.86. The van der Waals surface area contributed by atoms with Gasteiger partial charge < -0.3 is 11.1 Å². The summed E-state index contributed by atoms with van der Waals surface area (Å²) in [6.45, 7) is 0.866. The number of carbonyl (C=O) groups excluding carboxylic acids is 2. The summed E-state index contributed by atoms with van der Waals surface area (Å²) in [6.07, 6.45) is 0. The lowest BCUT2D eigenvalue weighted by atomic mass is 9.98. The normalized spacial score (nSPS) is 14.3. The van der Waals surface area contributed by atoms with Crippen LogP contribution in [0.4, 0.5) is 4.79 Å².